The molecule has 3 atom stereocenters. The smallest absolute Gasteiger partial charge is 0.258 e. The van der Waals surface area contributed by atoms with Crippen molar-refractivity contribution < 1.29 is 23.8 Å². The third-order valence-corrected chi connectivity index (χ3v) is 5.85. The van der Waals surface area contributed by atoms with Gasteiger partial charge in [0.05, 0.1) is 17.7 Å². The molecule has 32 heavy (non-hydrogen) atoms. The highest BCUT2D eigenvalue weighted by Gasteiger charge is 2.28. The second-order valence-electron chi connectivity index (χ2n) is 8.13. The largest absolute Gasteiger partial charge is 0.490 e. The molecule has 0 radical (unpaired) electrons. The monoisotopic (exact) mass is 436 g/mol. The molecule has 2 aromatic rings. The third-order valence-electron chi connectivity index (χ3n) is 5.85. The van der Waals surface area contributed by atoms with E-state index in [2.05, 4.69) is 5.32 Å². The predicted octanol–water partition coefficient (Wildman–Crippen LogP) is 3.85. The van der Waals surface area contributed by atoms with Crippen LogP contribution >= 0.6 is 0 Å². The Morgan fingerprint density at radius 2 is 1.69 bits per heavy atom. The fourth-order valence-electron chi connectivity index (χ4n) is 3.77. The van der Waals surface area contributed by atoms with Gasteiger partial charge >= 0.3 is 0 Å². The summed E-state index contributed by atoms with van der Waals surface area (Å²) in [6.07, 6.45) is 5.26. The number of ether oxygens (including phenoxy) is 3. The minimum atomic E-state index is -0.670. The molecule has 0 saturated carbocycles. The summed E-state index contributed by atoms with van der Waals surface area (Å²) in [6, 6.07) is 11.9. The number of hydrogen-bond acceptors (Lipinski definition) is 5. The lowest BCUT2D eigenvalue weighted by Gasteiger charge is -2.28. The number of fused-ring (bicyclic) bond motifs is 2. The molecule has 0 bridgehead atoms. The highest BCUT2D eigenvalue weighted by atomic mass is 16.7. The number of amides is 2. The summed E-state index contributed by atoms with van der Waals surface area (Å²) in [7, 11) is 1.63. The number of rotatable bonds is 1. The molecule has 2 aromatic carbocycles. The Morgan fingerprint density at radius 3 is 2.53 bits per heavy atom. The number of carbonyl (C=O) groups excluding carboxylic acids is 2. The topological polar surface area (TPSA) is 77.1 Å². The zero-order valence-electron chi connectivity index (χ0n) is 18.5. The van der Waals surface area contributed by atoms with Gasteiger partial charge in [0.25, 0.3) is 5.91 Å². The molecule has 7 heteroatoms. The molecule has 2 aliphatic heterocycles. The van der Waals surface area contributed by atoms with Crippen LogP contribution in [0.4, 0.5) is 0 Å². The first-order chi connectivity index (χ1) is 15.4. The van der Waals surface area contributed by atoms with E-state index in [4.69, 9.17) is 14.2 Å². The van der Waals surface area contributed by atoms with Gasteiger partial charge in [-0.25, -0.2) is 0 Å². The number of para-hydroxylation sites is 1. The molecule has 2 heterocycles. The number of nitrogens with zero attached hydrogens (tertiary/aromatic N) is 1. The summed E-state index contributed by atoms with van der Waals surface area (Å²) in [5.41, 5.74) is 1.35. The molecule has 0 saturated heterocycles. The predicted molar refractivity (Wildman–Crippen MR) is 120 cm³/mol. The molecule has 0 aliphatic carbocycles. The first-order valence-corrected chi connectivity index (χ1v) is 10.8. The van der Waals surface area contributed by atoms with Crippen LogP contribution in [-0.2, 0) is 4.79 Å². The Kier molecular flexibility index (Phi) is 6.35. The van der Waals surface area contributed by atoms with Crippen molar-refractivity contribution >= 4 is 11.8 Å². The number of likely N-dealkylation sites (N-methyl/N-ethyl adjacent to an activating group) is 1. The minimum absolute atomic E-state index is 0.107. The quantitative estimate of drug-likeness (QED) is 0.687. The molecule has 2 amide bonds. The van der Waals surface area contributed by atoms with Crippen LogP contribution in [0.2, 0.25) is 0 Å². The molecule has 0 unspecified atom stereocenters. The fraction of sp³-hybridized carbons (Fsp3) is 0.360. The van der Waals surface area contributed by atoms with Gasteiger partial charge in [0.2, 0.25) is 12.7 Å². The van der Waals surface area contributed by atoms with E-state index in [9.17, 15) is 9.59 Å². The van der Waals surface area contributed by atoms with Crippen LogP contribution < -0.4 is 19.5 Å². The first kappa shape index (κ1) is 21.7. The molecule has 1 N–H and O–H groups in total. The van der Waals surface area contributed by atoms with Crippen molar-refractivity contribution in [3.05, 3.63) is 65.7 Å². The lowest BCUT2D eigenvalue weighted by molar-refractivity contribution is -0.125. The van der Waals surface area contributed by atoms with Crippen LogP contribution in [0, 0.1) is 0 Å². The maximum atomic E-state index is 13.2. The van der Waals surface area contributed by atoms with E-state index < -0.39 is 6.04 Å². The number of benzene rings is 2. The Morgan fingerprint density at radius 1 is 0.938 bits per heavy atom. The zero-order chi connectivity index (χ0) is 22.7. The van der Waals surface area contributed by atoms with Crippen LogP contribution in [0.5, 0.6) is 17.2 Å². The van der Waals surface area contributed by atoms with Gasteiger partial charge in [-0.15, -0.1) is 0 Å². The summed E-state index contributed by atoms with van der Waals surface area (Å²) in [4.78, 5) is 27.7. The number of hydrogen-bond donors (Lipinski definition) is 1. The number of nitrogens with one attached hydrogen (secondary N) is 1. The molecular formula is C25H28N2O5. The minimum Gasteiger partial charge on any atom is -0.490 e. The van der Waals surface area contributed by atoms with Crippen molar-refractivity contribution in [3.8, 4) is 17.2 Å². The van der Waals surface area contributed by atoms with Gasteiger partial charge < -0.3 is 24.4 Å². The molecular weight excluding hydrogens is 408 g/mol. The van der Waals surface area contributed by atoms with Crippen molar-refractivity contribution in [3.63, 3.8) is 0 Å². The first-order valence-electron chi connectivity index (χ1n) is 10.8. The van der Waals surface area contributed by atoms with E-state index in [1.807, 2.05) is 43.3 Å². The second-order valence-corrected chi connectivity index (χ2v) is 8.13. The molecule has 4 rings (SSSR count). The Labute approximate surface area is 188 Å². The van der Waals surface area contributed by atoms with Crippen LogP contribution in [0.25, 0.3) is 0 Å². The molecule has 7 nitrogen and oxygen atoms in total. The second kappa shape index (κ2) is 9.34. The zero-order valence-corrected chi connectivity index (χ0v) is 18.5. The maximum absolute atomic E-state index is 13.2. The van der Waals surface area contributed by atoms with Gasteiger partial charge in [-0.3, -0.25) is 9.59 Å². The SMILES string of the molecule is C[C@H]1C/C=C/C[C@H](c2ccc3c(c2)OCO3)NC(=O)[C@H](C)N(C)C(=O)c2ccccc2O1. The average Bonchev–Trinajstić information content (AvgIpc) is 3.27. The van der Waals surface area contributed by atoms with Crippen molar-refractivity contribution in [2.75, 3.05) is 13.8 Å². The lowest BCUT2D eigenvalue weighted by atomic mass is 10.0. The summed E-state index contributed by atoms with van der Waals surface area (Å²) < 4.78 is 17.0. The summed E-state index contributed by atoms with van der Waals surface area (Å²) in [5, 5.41) is 3.10. The lowest BCUT2D eigenvalue weighted by Crippen LogP contribution is -2.47. The van der Waals surface area contributed by atoms with Crippen LogP contribution in [0.3, 0.4) is 0 Å². The van der Waals surface area contributed by atoms with Gasteiger partial charge in [-0.05, 0) is 50.1 Å². The normalized spacial score (nSPS) is 24.7. The standard InChI is InChI=1S/C25H28N2O5/c1-16-8-4-6-10-20(18-12-13-22-23(14-18)31-15-30-22)26-24(28)17(2)27(3)25(29)19-9-5-7-11-21(19)32-16/h4-7,9,11-14,16-17,20H,8,10,15H2,1-3H3,(H,26,28)/b6-4+/t16-,17-,20+/m0/s1. The van der Waals surface area contributed by atoms with Gasteiger partial charge in [0.15, 0.2) is 11.5 Å². The van der Waals surface area contributed by atoms with E-state index in [-0.39, 0.29) is 30.8 Å². The molecule has 0 fully saturated rings. The van der Waals surface area contributed by atoms with Crippen LogP contribution in [0.1, 0.15) is 48.7 Å². The summed E-state index contributed by atoms with van der Waals surface area (Å²) in [5.74, 6) is 1.38. The van der Waals surface area contributed by atoms with Gasteiger partial charge in [0.1, 0.15) is 11.8 Å². The van der Waals surface area contributed by atoms with Crippen LogP contribution in [0.15, 0.2) is 54.6 Å². The molecule has 0 spiro atoms. The Hall–Kier alpha value is -3.48. The van der Waals surface area contributed by atoms with E-state index in [1.165, 1.54) is 4.90 Å². The van der Waals surface area contributed by atoms with Crippen molar-refractivity contribution in [2.45, 2.75) is 44.9 Å². The van der Waals surface area contributed by atoms with Crippen molar-refractivity contribution in [1.29, 1.82) is 0 Å². The van der Waals surface area contributed by atoms with Crippen molar-refractivity contribution in [1.82, 2.24) is 10.2 Å². The van der Waals surface area contributed by atoms with Crippen LogP contribution in [-0.4, -0.2) is 42.7 Å². The van der Waals surface area contributed by atoms with Gasteiger partial charge in [0, 0.05) is 13.5 Å². The molecule has 2 aliphatic rings. The van der Waals surface area contributed by atoms with E-state index in [0.717, 1.165) is 5.56 Å². The van der Waals surface area contributed by atoms with E-state index in [1.54, 1.807) is 32.2 Å². The molecule has 0 aromatic heterocycles. The van der Waals surface area contributed by atoms with E-state index in [0.29, 0.717) is 35.7 Å². The third kappa shape index (κ3) is 4.56. The van der Waals surface area contributed by atoms with Crippen molar-refractivity contribution in [2.24, 2.45) is 0 Å². The maximum Gasteiger partial charge on any atom is 0.258 e. The average molecular weight is 437 g/mol. The Bertz CT molecular complexity index is 1030. The van der Waals surface area contributed by atoms with Gasteiger partial charge in [-0.2, -0.15) is 0 Å². The van der Waals surface area contributed by atoms with E-state index >= 15 is 0 Å². The van der Waals surface area contributed by atoms with Gasteiger partial charge in [-0.1, -0.05) is 30.4 Å². The fourth-order valence-corrected chi connectivity index (χ4v) is 3.77. The number of carbonyl (C=O) groups is 2. The Balaban J connectivity index is 1.64. The highest BCUT2D eigenvalue weighted by molar-refractivity contribution is 5.99. The summed E-state index contributed by atoms with van der Waals surface area (Å²) >= 11 is 0. The summed E-state index contributed by atoms with van der Waals surface area (Å²) in [6.45, 7) is 3.89. The highest BCUT2D eigenvalue weighted by Crippen LogP contribution is 2.35. The molecule has 168 valence electrons.